The molecule has 0 aliphatic carbocycles. The van der Waals surface area contributed by atoms with Gasteiger partial charge in [0.2, 0.25) is 0 Å². The molecule has 7 heteroatoms. The molecular weight excluding hydrogens is 364 g/mol. The highest BCUT2D eigenvalue weighted by Gasteiger charge is 2.14. The van der Waals surface area contributed by atoms with Crippen LogP contribution < -0.4 is 5.43 Å². The van der Waals surface area contributed by atoms with Crippen LogP contribution in [-0.4, -0.2) is 31.9 Å². The minimum absolute atomic E-state index is 0.297. The van der Waals surface area contributed by atoms with Gasteiger partial charge >= 0.3 is 0 Å². The highest BCUT2D eigenvalue weighted by Crippen LogP contribution is 2.24. The van der Waals surface area contributed by atoms with E-state index in [1.54, 1.807) is 29.4 Å². The number of benzene rings is 1. The Bertz CT molecular complexity index is 1230. The van der Waals surface area contributed by atoms with Gasteiger partial charge in [0.1, 0.15) is 0 Å². The summed E-state index contributed by atoms with van der Waals surface area (Å²) >= 11 is 0. The molecule has 144 valence electrons. The molecule has 29 heavy (non-hydrogen) atoms. The van der Waals surface area contributed by atoms with E-state index < -0.39 is 0 Å². The summed E-state index contributed by atoms with van der Waals surface area (Å²) in [4.78, 5) is 21.6. The Morgan fingerprint density at radius 1 is 1.14 bits per heavy atom. The highest BCUT2D eigenvalue weighted by molar-refractivity contribution is 6.07. The van der Waals surface area contributed by atoms with Gasteiger partial charge in [-0.25, -0.2) is 10.4 Å². The molecule has 3 aromatic heterocycles. The van der Waals surface area contributed by atoms with Crippen LogP contribution in [0, 0.1) is 13.8 Å². The Morgan fingerprint density at radius 3 is 2.62 bits per heavy atom. The van der Waals surface area contributed by atoms with Crippen molar-refractivity contribution in [3.05, 3.63) is 77.4 Å². The van der Waals surface area contributed by atoms with Gasteiger partial charge in [-0.3, -0.25) is 14.5 Å². The van der Waals surface area contributed by atoms with Crippen LogP contribution in [0.25, 0.3) is 22.2 Å². The SMILES string of the molecule is Cc1nn(C)c(C)c1/C=N\NC(=O)c1cc(-c2ccncc2)nc2ccccc12. The largest absolute Gasteiger partial charge is 0.272 e. The van der Waals surface area contributed by atoms with E-state index in [0.717, 1.165) is 33.4 Å². The summed E-state index contributed by atoms with van der Waals surface area (Å²) < 4.78 is 1.79. The first-order valence-corrected chi connectivity index (χ1v) is 9.18. The third kappa shape index (κ3) is 3.62. The quantitative estimate of drug-likeness (QED) is 0.432. The lowest BCUT2D eigenvalue weighted by atomic mass is 10.0. The van der Waals surface area contributed by atoms with E-state index in [4.69, 9.17) is 0 Å². The molecule has 0 spiro atoms. The monoisotopic (exact) mass is 384 g/mol. The van der Waals surface area contributed by atoms with Crippen molar-refractivity contribution in [2.24, 2.45) is 12.1 Å². The predicted octanol–water partition coefficient (Wildman–Crippen LogP) is 3.41. The Balaban J connectivity index is 1.69. The zero-order valence-corrected chi connectivity index (χ0v) is 16.4. The van der Waals surface area contributed by atoms with Crippen LogP contribution in [0.1, 0.15) is 27.3 Å². The number of hydrogen-bond acceptors (Lipinski definition) is 5. The predicted molar refractivity (Wildman–Crippen MR) is 113 cm³/mol. The van der Waals surface area contributed by atoms with Gasteiger partial charge in [0.25, 0.3) is 5.91 Å². The van der Waals surface area contributed by atoms with Crippen LogP contribution in [0.15, 0.2) is 60.0 Å². The van der Waals surface area contributed by atoms with E-state index in [1.807, 2.05) is 57.3 Å². The lowest BCUT2D eigenvalue weighted by molar-refractivity contribution is 0.0956. The fourth-order valence-corrected chi connectivity index (χ4v) is 3.23. The highest BCUT2D eigenvalue weighted by atomic mass is 16.2. The molecule has 0 fully saturated rings. The summed E-state index contributed by atoms with van der Waals surface area (Å²) in [5, 5.41) is 9.28. The number of fused-ring (bicyclic) bond motifs is 1. The number of para-hydroxylation sites is 1. The molecule has 4 aromatic rings. The summed E-state index contributed by atoms with van der Waals surface area (Å²) in [5.74, 6) is -0.297. The number of hydrazone groups is 1. The maximum absolute atomic E-state index is 12.9. The number of nitrogens with zero attached hydrogens (tertiary/aromatic N) is 5. The summed E-state index contributed by atoms with van der Waals surface area (Å²) in [6.45, 7) is 3.87. The van der Waals surface area contributed by atoms with Gasteiger partial charge in [0, 0.05) is 41.6 Å². The van der Waals surface area contributed by atoms with Crippen LogP contribution in [-0.2, 0) is 7.05 Å². The van der Waals surface area contributed by atoms with Crippen LogP contribution in [0.3, 0.4) is 0 Å². The standard InChI is InChI=1S/C22H20N6O/c1-14-19(15(2)28(3)27-14)13-24-26-22(29)18-12-21(16-8-10-23-11-9-16)25-20-7-5-4-6-17(18)20/h4-13H,1-3H3,(H,26,29)/b24-13-. The second-order valence-electron chi connectivity index (χ2n) is 6.72. The van der Waals surface area contributed by atoms with Crippen LogP contribution in [0.2, 0.25) is 0 Å². The maximum Gasteiger partial charge on any atom is 0.272 e. The van der Waals surface area contributed by atoms with E-state index in [-0.39, 0.29) is 5.91 Å². The van der Waals surface area contributed by atoms with Crippen molar-refractivity contribution >= 4 is 23.0 Å². The van der Waals surface area contributed by atoms with E-state index in [0.29, 0.717) is 11.3 Å². The molecule has 0 radical (unpaired) electrons. The maximum atomic E-state index is 12.9. The van der Waals surface area contributed by atoms with Crippen molar-refractivity contribution in [3.8, 4) is 11.3 Å². The number of carbonyl (C=O) groups excluding carboxylic acids is 1. The van der Waals surface area contributed by atoms with Crippen molar-refractivity contribution in [2.45, 2.75) is 13.8 Å². The average molecular weight is 384 g/mol. The first kappa shape index (κ1) is 18.5. The second kappa shape index (κ2) is 7.63. The van der Waals surface area contributed by atoms with Crippen molar-refractivity contribution < 1.29 is 4.79 Å². The number of amides is 1. The molecule has 1 amide bonds. The minimum Gasteiger partial charge on any atom is -0.272 e. The molecule has 0 aliphatic rings. The lowest BCUT2D eigenvalue weighted by Crippen LogP contribution is -2.18. The van der Waals surface area contributed by atoms with Gasteiger partial charge < -0.3 is 0 Å². The number of aryl methyl sites for hydroxylation is 2. The zero-order chi connectivity index (χ0) is 20.4. The Hall–Kier alpha value is -3.87. The number of nitrogens with one attached hydrogen (secondary N) is 1. The average Bonchev–Trinajstić information content (AvgIpc) is 2.99. The summed E-state index contributed by atoms with van der Waals surface area (Å²) in [6.07, 6.45) is 5.03. The topological polar surface area (TPSA) is 85.1 Å². The van der Waals surface area contributed by atoms with Gasteiger partial charge in [0.05, 0.1) is 28.7 Å². The summed E-state index contributed by atoms with van der Waals surface area (Å²) in [7, 11) is 1.88. The molecular formula is C22H20N6O. The van der Waals surface area contributed by atoms with Gasteiger partial charge in [-0.2, -0.15) is 10.2 Å². The fraction of sp³-hybridized carbons (Fsp3) is 0.136. The minimum atomic E-state index is -0.297. The molecule has 1 N–H and O–H groups in total. The van der Waals surface area contributed by atoms with Gasteiger partial charge in [-0.05, 0) is 38.1 Å². The molecule has 0 unspecified atom stereocenters. The molecule has 1 aromatic carbocycles. The molecule has 0 saturated carbocycles. The van der Waals surface area contributed by atoms with Gasteiger partial charge in [0.15, 0.2) is 0 Å². The van der Waals surface area contributed by atoms with Crippen LogP contribution >= 0.6 is 0 Å². The third-order valence-corrected chi connectivity index (χ3v) is 4.86. The molecule has 4 rings (SSSR count). The van der Waals surface area contributed by atoms with E-state index in [1.165, 1.54) is 0 Å². The molecule has 0 atom stereocenters. The van der Waals surface area contributed by atoms with E-state index in [9.17, 15) is 4.79 Å². The van der Waals surface area contributed by atoms with Crippen LogP contribution in [0.5, 0.6) is 0 Å². The summed E-state index contributed by atoms with van der Waals surface area (Å²) in [5.41, 5.74) is 8.23. The summed E-state index contributed by atoms with van der Waals surface area (Å²) in [6, 6.07) is 13.1. The van der Waals surface area contributed by atoms with Gasteiger partial charge in [-0.1, -0.05) is 18.2 Å². The number of aromatic nitrogens is 4. The zero-order valence-electron chi connectivity index (χ0n) is 16.4. The van der Waals surface area contributed by atoms with Crippen molar-refractivity contribution in [3.63, 3.8) is 0 Å². The first-order valence-electron chi connectivity index (χ1n) is 9.18. The smallest absolute Gasteiger partial charge is 0.272 e. The number of hydrogen-bond donors (Lipinski definition) is 1. The number of carbonyl (C=O) groups is 1. The molecule has 0 aliphatic heterocycles. The normalized spacial score (nSPS) is 11.3. The number of pyridine rings is 2. The molecule has 0 saturated heterocycles. The second-order valence-corrected chi connectivity index (χ2v) is 6.72. The van der Waals surface area contributed by atoms with Crippen molar-refractivity contribution in [2.75, 3.05) is 0 Å². The molecule has 0 bridgehead atoms. The molecule has 7 nitrogen and oxygen atoms in total. The van der Waals surface area contributed by atoms with Crippen molar-refractivity contribution in [1.29, 1.82) is 0 Å². The molecule has 3 heterocycles. The van der Waals surface area contributed by atoms with Crippen molar-refractivity contribution in [1.82, 2.24) is 25.2 Å². The Morgan fingerprint density at radius 2 is 1.90 bits per heavy atom. The van der Waals surface area contributed by atoms with E-state index in [2.05, 4.69) is 25.6 Å². The lowest BCUT2D eigenvalue weighted by Gasteiger charge is -2.09. The Labute approximate surface area is 168 Å². The van der Waals surface area contributed by atoms with E-state index >= 15 is 0 Å². The number of rotatable bonds is 4. The fourth-order valence-electron chi connectivity index (χ4n) is 3.23. The van der Waals surface area contributed by atoms with Crippen LogP contribution in [0.4, 0.5) is 0 Å². The third-order valence-electron chi connectivity index (χ3n) is 4.86. The van der Waals surface area contributed by atoms with Gasteiger partial charge in [-0.15, -0.1) is 0 Å². The Kier molecular flexibility index (Phi) is 4.87. The first-order chi connectivity index (χ1) is 14.0.